The van der Waals surface area contributed by atoms with Crippen LogP contribution >= 0.6 is 0 Å². The molecule has 12 nitrogen and oxygen atoms in total. The highest BCUT2D eigenvalue weighted by Crippen LogP contribution is 2.42. The van der Waals surface area contributed by atoms with Crippen LogP contribution in [0.4, 0.5) is 0 Å². The lowest BCUT2D eigenvalue weighted by molar-refractivity contribution is 0.0550. The fourth-order valence-corrected chi connectivity index (χ4v) is 8.63. The molecule has 0 spiro atoms. The van der Waals surface area contributed by atoms with Gasteiger partial charge in [0.05, 0.1) is 41.0 Å². The van der Waals surface area contributed by atoms with Gasteiger partial charge in [-0.05, 0) is 94.6 Å². The van der Waals surface area contributed by atoms with E-state index >= 15 is 0 Å². The van der Waals surface area contributed by atoms with Gasteiger partial charge in [-0.2, -0.15) is 4.98 Å². The number of benzene rings is 6. The highest BCUT2D eigenvalue weighted by atomic mass is 16.5. The quantitative estimate of drug-likeness (QED) is 0.0824. The van der Waals surface area contributed by atoms with Gasteiger partial charge >= 0.3 is 11.9 Å². The molecule has 0 fully saturated rings. The monoisotopic (exact) mass is 843 g/mol. The Hall–Kier alpha value is -8.38. The van der Waals surface area contributed by atoms with Crippen molar-refractivity contribution in [3.8, 4) is 23.2 Å². The summed E-state index contributed by atoms with van der Waals surface area (Å²) in [6.07, 6.45) is 3.68. The van der Waals surface area contributed by atoms with E-state index in [0.717, 1.165) is 39.2 Å². The maximum absolute atomic E-state index is 13.7. The minimum atomic E-state index is -0.916. The standard InChI is InChI=1S/C52H41N7O5/c1-3-62-51-53-44-25-15-24-43(49(60)63-31-30-46-41-22-13-14-23-42(41)50(61)64-46)47(44)58(51)34-36-26-28-40(29-27-36)57-33-35(2)32-45(57)48-54-55-56-59(48)52(37-16-7-4-8-17-37,38-18-9-5-10-19-38)39-20-11-6-12-21-39/h4-30,32-33H,3,31,34H2,1-2H3/b46-30-. The third-order valence-corrected chi connectivity index (χ3v) is 11.4. The smallest absolute Gasteiger partial charge is 0.344 e. The Labute approximate surface area is 368 Å². The van der Waals surface area contributed by atoms with Crippen molar-refractivity contribution in [1.82, 2.24) is 34.3 Å². The van der Waals surface area contributed by atoms with Crippen LogP contribution < -0.4 is 4.74 Å². The molecule has 3 aromatic heterocycles. The summed E-state index contributed by atoms with van der Waals surface area (Å²) in [5, 5.41) is 13.8. The predicted octanol–water partition coefficient (Wildman–Crippen LogP) is 9.44. The third kappa shape index (κ3) is 7.00. The van der Waals surface area contributed by atoms with Crippen molar-refractivity contribution < 1.29 is 23.8 Å². The molecule has 1 aliphatic rings. The van der Waals surface area contributed by atoms with Crippen LogP contribution in [-0.2, 0) is 21.6 Å². The van der Waals surface area contributed by atoms with E-state index < -0.39 is 17.5 Å². The minimum absolute atomic E-state index is 0.0982. The molecular formula is C52H41N7O5. The largest absolute Gasteiger partial charge is 0.465 e. The fraction of sp³-hybridized carbons (Fsp3) is 0.115. The molecule has 4 heterocycles. The molecule has 0 radical (unpaired) electrons. The third-order valence-electron chi connectivity index (χ3n) is 11.4. The van der Waals surface area contributed by atoms with E-state index in [2.05, 4.69) is 89.6 Å². The lowest BCUT2D eigenvalue weighted by Gasteiger charge is -2.36. The molecule has 0 saturated heterocycles. The molecule has 0 N–H and O–H groups in total. The maximum Gasteiger partial charge on any atom is 0.344 e. The number of hydrogen-bond donors (Lipinski definition) is 0. The van der Waals surface area contributed by atoms with Crippen LogP contribution in [0.25, 0.3) is 34.0 Å². The van der Waals surface area contributed by atoms with Gasteiger partial charge in [-0.3, -0.25) is 4.57 Å². The zero-order chi connectivity index (χ0) is 43.6. The van der Waals surface area contributed by atoms with Gasteiger partial charge in [-0.15, -0.1) is 5.10 Å². The number of aromatic nitrogens is 7. The molecule has 1 aliphatic heterocycles. The Morgan fingerprint density at radius 3 is 2.06 bits per heavy atom. The topological polar surface area (TPSA) is 128 Å². The normalized spacial score (nSPS) is 13.0. The number of hydrogen-bond acceptors (Lipinski definition) is 9. The number of cyclic esters (lactones) is 1. The predicted molar refractivity (Wildman–Crippen MR) is 242 cm³/mol. The highest BCUT2D eigenvalue weighted by molar-refractivity contribution is 6.04. The summed E-state index contributed by atoms with van der Waals surface area (Å²) in [4.78, 5) is 30.8. The first kappa shape index (κ1) is 39.7. The fourth-order valence-electron chi connectivity index (χ4n) is 8.63. The second-order valence-electron chi connectivity index (χ2n) is 15.4. The molecule has 10 rings (SSSR count). The zero-order valence-corrected chi connectivity index (χ0v) is 35.0. The summed E-state index contributed by atoms with van der Waals surface area (Å²) in [6.45, 7) is 4.59. The SMILES string of the molecule is CCOc1nc2cccc(C(=O)OC/C=C3\OC(=O)c4ccccc43)c2n1Cc1ccc(-n2cc(C)cc2-c2nnnn2C(c2ccccc2)(c2ccccc2)c2ccccc2)cc1. The number of para-hydroxylation sites is 1. The number of aryl methyl sites for hydroxylation is 1. The first-order valence-corrected chi connectivity index (χ1v) is 21.0. The summed E-state index contributed by atoms with van der Waals surface area (Å²) >= 11 is 0. The minimum Gasteiger partial charge on any atom is -0.465 e. The Morgan fingerprint density at radius 2 is 1.41 bits per heavy atom. The van der Waals surface area contributed by atoms with Gasteiger partial charge in [0.2, 0.25) is 5.82 Å². The molecule has 0 bridgehead atoms. The summed E-state index contributed by atoms with van der Waals surface area (Å²) < 4.78 is 23.1. The summed E-state index contributed by atoms with van der Waals surface area (Å²) in [5.74, 6) is -0.0337. The lowest BCUT2D eigenvalue weighted by Crippen LogP contribution is -2.39. The van der Waals surface area contributed by atoms with Gasteiger partial charge < -0.3 is 18.8 Å². The molecule has 9 aromatic rings. The van der Waals surface area contributed by atoms with E-state index in [9.17, 15) is 9.59 Å². The second kappa shape index (κ2) is 16.8. The molecular weight excluding hydrogens is 803 g/mol. The van der Waals surface area contributed by atoms with E-state index in [1.54, 1.807) is 36.4 Å². The number of carbonyl (C=O) groups excluding carboxylic acids is 2. The van der Waals surface area contributed by atoms with Crippen molar-refractivity contribution in [3.05, 3.63) is 221 Å². The molecule has 314 valence electrons. The number of nitrogens with zero attached hydrogens (tertiary/aromatic N) is 7. The first-order chi connectivity index (χ1) is 31.4. The number of tetrazole rings is 1. The van der Waals surface area contributed by atoms with Crippen LogP contribution in [0.1, 0.15) is 61.0 Å². The Balaban J connectivity index is 0.985. The molecule has 0 aliphatic carbocycles. The number of fused-ring (bicyclic) bond motifs is 2. The van der Waals surface area contributed by atoms with Crippen molar-refractivity contribution in [2.75, 3.05) is 13.2 Å². The Morgan fingerprint density at radius 1 is 0.766 bits per heavy atom. The molecule has 0 amide bonds. The molecule has 0 atom stereocenters. The van der Waals surface area contributed by atoms with Crippen LogP contribution in [0.5, 0.6) is 6.01 Å². The average Bonchev–Trinajstić information content (AvgIpc) is 4.13. The summed E-state index contributed by atoms with van der Waals surface area (Å²) in [6, 6.07) is 54.1. The highest BCUT2D eigenvalue weighted by Gasteiger charge is 2.42. The molecule has 0 unspecified atom stereocenters. The van der Waals surface area contributed by atoms with Crippen molar-refractivity contribution in [2.24, 2.45) is 0 Å². The van der Waals surface area contributed by atoms with Crippen LogP contribution in [-0.4, -0.2) is 59.5 Å². The van der Waals surface area contributed by atoms with Gasteiger partial charge in [0.25, 0.3) is 6.01 Å². The van der Waals surface area contributed by atoms with Crippen LogP contribution in [0, 0.1) is 6.92 Å². The van der Waals surface area contributed by atoms with Gasteiger partial charge in [0.15, 0.2) is 0 Å². The number of rotatable bonds is 13. The average molecular weight is 844 g/mol. The van der Waals surface area contributed by atoms with Gasteiger partial charge in [-0.1, -0.05) is 127 Å². The molecule has 64 heavy (non-hydrogen) atoms. The van der Waals surface area contributed by atoms with Crippen LogP contribution in [0.3, 0.4) is 0 Å². The van der Waals surface area contributed by atoms with Crippen LogP contribution in [0.2, 0.25) is 0 Å². The summed E-state index contributed by atoms with van der Waals surface area (Å²) in [7, 11) is 0. The second-order valence-corrected chi connectivity index (χ2v) is 15.4. The van der Waals surface area contributed by atoms with E-state index in [4.69, 9.17) is 29.5 Å². The van der Waals surface area contributed by atoms with Crippen molar-refractivity contribution in [3.63, 3.8) is 0 Å². The maximum atomic E-state index is 13.7. The lowest BCUT2D eigenvalue weighted by atomic mass is 9.77. The number of imidazole rings is 1. The molecule has 6 aromatic carbocycles. The first-order valence-electron chi connectivity index (χ1n) is 21.0. The van der Waals surface area contributed by atoms with E-state index in [1.165, 1.54) is 0 Å². The van der Waals surface area contributed by atoms with E-state index in [-0.39, 0.29) is 6.61 Å². The number of esters is 2. The van der Waals surface area contributed by atoms with Crippen molar-refractivity contribution in [1.29, 1.82) is 0 Å². The number of carbonyl (C=O) groups is 2. The Kier molecular flexibility index (Phi) is 10.4. The Bertz CT molecular complexity index is 3080. The van der Waals surface area contributed by atoms with Gasteiger partial charge in [0, 0.05) is 17.4 Å². The van der Waals surface area contributed by atoms with Gasteiger partial charge in [0.1, 0.15) is 17.9 Å². The molecule has 0 saturated carbocycles. The van der Waals surface area contributed by atoms with Crippen molar-refractivity contribution >= 4 is 28.7 Å². The van der Waals surface area contributed by atoms with E-state index in [1.807, 2.05) is 82.9 Å². The molecule has 12 heteroatoms. The van der Waals surface area contributed by atoms with Crippen LogP contribution in [0.15, 0.2) is 176 Å². The number of ether oxygens (including phenoxy) is 3. The summed E-state index contributed by atoms with van der Waals surface area (Å²) in [5.41, 5.74) is 8.46. The van der Waals surface area contributed by atoms with Gasteiger partial charge in [-0.25, -0.2) is 14.3 Å². The van der Waals surface area contributed by atoms with Crippen molar-refractivity contribution in [2.45, 2.75) is 25.9 Å². The van der Waals surface area contributed by atoms with E-state index in [0.29, 0.717) is 58.5 Å². The zero-order valence-electron chi connectivity index (χ0n) is 35.0.